The second-order valence-electron chi connectivity index (χ2n) is 7.92. The number of amides is 2. The Bertz CT molecular complexity index is 303. The highest BCUT2D eigenvalue weighted by Crippen LogP contribution is 2.26. The average molecular weight is 254 g/mol. The summed E-state index contributed by atoms with van der Waals surface area (Å²) in [6.45, 7) is 16.9. The number of hydrogen-bond acceptors (Lipinski definition) is 1. The second kappa shape index (κ2) is 5.77. The fourth-order valence-electron chi connectivity index (χ4n) is 2.08. The molecule has 0 spiro atoms. The fraction of sp³-hybridized carbons (Fsp3) is 0.800. The molecule has 0 saturated carbocycles. The maximum atomic E-state index is 11.8. The van der Waals surface area contributed by atoms with Crippen LogP contribution < -0.4 is 10.6 Å². The van der Waals surface area contributed by atoms with E-state index in [-0.39, 0.29) is 22.4 Å². The molecule has 0 bridgehead atoms. The van der Waals surface area contributed by atoms with Crippen LogP contribution in [-0.2, 0) is 0 Å². The fourth-order valence-corrected chi connectivity index (χ4v) is 2.08. The molecule has 0 aliphatic heterocycles. The molecule has 0 aromatic carbocycles. The summed E-state index contributed by atoms with van der Waals surface area (Å²) in [7, 11) is 0. The summed E-state index contributed by atoms with van der Waals surface area (Å²) in [5.41, 5.74) is 0.0597. The lowest BCUT2D eigenvalue weighted by Crippen LogP contribution is -2.48. The van der Waals surface area contributed by atoms with Crippen molar-refractivity contribution in [2.75, 3.05) is 0 Å². The lowest BCUT2D eigenvalue weighted by atomic mass is 9.82. The van der Waals surface area contributed by atoms with E-state index in [1.54, 1.807) is 6.20 Å². The molecule has 2 amide bonds. The molecule has 0 saturated heterocycles. The Hall–Kier alpha value is -0.990. The largest absolute Gasteiger partial charge is 0.333 e. The Kier molecular flexibility index (Phi) is 5.45. The van der Waals surface area contributed by atoms with Crippen molar-refractivity contribution in [3.05, 3.63) is 12.3 Å². The summed E-state index contributed by atoms with van der Waals surface area (Å²) in [6.07, 6.45) is 4.61. The first-order valence-electron chi connectivity index (χ1n) is 6.57. The zero-order valence-corrected chi connectivity index (χ0v) is 13.3. The number of rotatable bonds is 3. The van der Waals surface area contributed by atoms with E-state index >= 15 is 0 Å². The van der Waals surface area contributed by atoms with Crippen molar-refractivity contribution in [3.8, 4) is 0 Å². The third kappa shape index (κ3) is 10.2. The van der Waals surface area contributed by atoms with Crippen molar-refractivity contribution in [2.24, 2.45) is 10.8 Å². The van der Waals surface area contributed by atoms with Crippen LogP contribution in [0.15, 0.2) is 12.3 Å². The normalized spacial score (nSPS) is 13.8. The molecule has 18 heavy (non-hydrogen) atoms. The van der Waals surface area contributed by atoms with Gasteiger partial charge in [0, 0.05) is 11.7 Å². The molecule has 0 aliphatic rings. The Balaban J connectivity index is 4.28. The van der Waals surface area contributed by atoms with E-state index in [1.165, 1.54) is 0 Å². The minimum absolute atomic E-state index is 0.0776. The standard InChI is InChI=1S/C15H30N2O/c1-13(2,3)9-10-16-12(18)17-15(7,8)11-14(4,5)6/h9-10H,11H2,1-8H3,(H2,16,17,18)/b10-9+. The van der Waals surface area contributed by atoms with Crippen LogP contribution in [-0.4, -0.2) is 11.6 Å². The maximum Gasteiger partial charge on any atom is 0.319 e. The summed E-state index contributed by atoms with van der Waals surface area (Å²) in [5, 5.41) is 5.75. The van der Waals surface area contributed by atoms with E-state index in [2.05, 4.69) is 52.2 Å². The molecule has 0 atom stereocenters. The van der Waals surface area contributed by atoms with E-state index < -0.39 is 0 Å². The second-order valence-corrected chi connectivity index (χ2v) is 7.92. The summed E-state index contributed by atoms with van der Waals surface area (Å²) in [5.74, 6) is 0. The zero-order chi connectivity index (χ0) is 14.6. The van der Waals surface area contributed by atoms with Gasteiger partial charge in [-0.1, -0.05) is 47.6 Å². The van der Waals surface area contributed by atoms with E-state index in [1.807, 2.05) is 19.9 Å². The first-order valence-corrected chi connectivity index (χ1v) is 6.57. The molecule has 0 aromatic rings. The van der Waals surface area contributed by atoms with Crippen molar-refractivity contribution < 1.29 is 4.79 Å². The third-order valence-corrected chi connectivity index (χ3v) is 2.22. The van der Waals surface area contributed by atoms with Gasteiger partial charge in [-0.3, -0.25) is 0 Å². The minimum atomic E-state index is -0.210. The van der Waals surface area contributed by atoms with Gasteiger partial charge in [0.15, 0.2) is 0 Å². The molecule has 3 nitrogen and oxygen atoms in total. The molecular weight excluding hydrogens is 224 g/mol. The molecule has 106 valence electrons. The van der Waals surface area contributed by atoms with Gasteiger partial charge in [0.05, 0.1) is 0 Å². The van der Waals surface area contributed by atoms with Crippen LogP contribution in [0.25, 0.3) is 0 Å². The summed E-state index contributed by atoms with van der Waals surface area (Å²) < 4.78 is 0. The van der Waals surface area contributed by atoms with E-state index in [0.717, 1.165) is 6.42 Å². The summed E-state index contributed by atoms with van der Waals surface area (Å²) in [6, 6.07) is -0.148. The molecule has 3 heteroatoms. The van der Waals surface area contributed by atoms with E-state index in [0.29, 0.717) is 0 Å². The zero-order valence-electron chi connectivity index (χ0n) is 13.3. The van der Waals surface area contributed by atoms with Crippen molar-refractivity contribution in [1.82, 2.24) is 10.6 Å². The summed E-state index contributed by atoms with van der Waals surface area (Å²) >= 11 is 0. The van der Waals surface area contributed by atoms with E-state index in [4.69, 9.17) is 0 Å². The van der Waals surface area contributed by atoms with Crippen LogP contribution in [0.4, 0.5) is 4.79 Å². The smallest absolute Gasteiger partial charge is 0.319 e. The van der Waals surface area contributed by atoms with Crippen LogP contribution in [0.1, 0.15) is 61.8 Å². The lowest BCUT2D eigenvalue weighted by molar-refractivity contribution is 0.213. The molecule has 0 unspecified atom stereocenters. The van der Waals surface area contributed by atoms with Crippen molar-refractivity contribution in [2.45, 2.75) is 67.3 Å². The maximum absolute atomic E-state index is 11.8. The molecule has 0 aliphatic carbocycles. The summed E-state index contributed by atoms with van der Waals surface area (Å²) in [4.78, 5) is 11.8. The van der Waals surface area contributed by atoms with Gasteiger partial charge in [0.2, 0.25) is 0 Å². The Labute approximate surface area is 112 Å². The van der Waals surface area contributed by atoms with Gasteiger partial charge in [0.25, 0.3) is 0 Å². The third-order valence-electron chi connectivity index (χ3n) is 2.22. The number of hydrogen-bond donors (Lipinski definition) is 2. The van der Waals surface area contributed by atoms with Gasteiger partial charge in [-0.25, -0.2) is 4.79 Å². The quantitative estimate of drug-likeness (QED) is 0.783. The van der Waals surface area contributed by atoms with Gasteiger partial charge in [-0.15, -0.1) is 0 Å². The van der Waals surface area contributed by atoms with E-state index in [9.17, 15) is 4.79 Å². The Morgan fingerprint density at radius 3 is 1.89 bits per heavy atom. The predicted molar refractivity (Wildman–Crippen MR) is 78.4 cm³/mol. The Morgan fingerprint density at radius 1 is 1.00 bits per heavy atom. The number of carbonyl (C=O) groups excluding carboxylic acids is 1. The molecule has 0 fully saturated rings. The van der Waals surface area contributed by atoms with Gasteiger partial charge >= 0.3 is 6.03 Å². The van der Waals surface area contributed by atoms with Gasteiger partial charge in [-0.05, 0) is 31.1 Å². The monoisotopic (exact) mass is 254 g/mol. The van der Waals surface area contributed by atoms with Crippen LogP contribution >= 0.6 is 0 Å². The molecule has 0 radical (unpaired) electrons. The average Bonchev–Trinajstić information content (AvgIpc) is 1.93. The highest BCUT2D eigenvalue weighted by atomic mass is 16.2. The highest BCUT2D eigenvalue weighted by molar-refractivity contribution is 5.75. The molecule has 0 rings (SSSR count). The number of urea groups is 1. The van der Waals surface area contributed by atoms with Crippen LogP contribution in [0.2, 0.25) is 0 Å². The SMILES string of the molecule is CC(C)(C)/C=C/NC(=O)NC(C)(C)CC(C)(C)C. The molecule has 2 N–H and O–H groups in total. The molecule has 0 heterocycles. The van der Waals surface area contributed by atoms with Crippen molar-refractivity contribution >= 4 is 6.03 Å². The lowest BCUT2D eigenvalue weighted by Gasteiger charge is -2.33. The first-order chi connectivity index (χ1) is 7.81. The van der Waals surface area contributed by atoms with Crippen molar-refractivity contribution in [3.63, 3.8) is 0 Å². The number of allylic oxidation sites excluding steroid dienone is 1. The number of carbonyl (C=O) groups is 1. The van der Waals surface area contributed by atoms with Crippen molar-refractivity contribution in [1.29, 1.82) is 0 Å². The topological polar surface area (TPSA) is 41.1 Å². The van der Waals surface area contributed by atoms with Gasteiger partial charge in [-0.2, -0.15) is 0 Å². The molecule has 0 aromatic heterocycles. The molecular formula is C15H30N2O. The van der Waals surface area contributed by atoms with Crippen LogP contribution in [0.3, 0.4) is 0 Å². The predicted octanol–water partition coefficient (Wildman–Crippen LogP) is 4.06. The van der Waals surface area contributed by atoms with Gasteiger partial charge in [0.1, 0.15) is 0 Å². The first kappa shape index (κ1) is 17.0. The van der Waals surface area contributed by atoms with Crippen LogP contribution in [0.5, 0.6) is 0 Å². The number of nitrogens with one attached hydrogen (secondary N) is 2. The highest BCUT2D eigenvalue weighted by Gasteiger charge is 2.26. The minimum Gasteiger partial charge on any atom is -0.333 e. The van der Waals surface area contributed by atoms with Crippen LogP contribution in [0, 0.1) is 10.8 Å². The van der Waals surface area contributed by atoms with Gasteiger partial charge < -0.3 is 10.6 Å². The Morgan fingerprint density at radius 2 is 1.50 bits per heavy atom.